The Kier molecular flexibility index (Phi) is 3.34. The molecule has 1 aliphatic heterocycles. The highest BCUT2D eigenvalue weighted by molar-refractivity contribution is 5.86. The Labute approximate surface area is 163 Å². The summed E-state index contributed by atoms with van der Waals surface area (Å²) >= 11 is 0. The van der Waals surface area contributed by atoms with Gasteiger partial charge in [-0.05, 0) is 70.9 Å². The van der Waals surface area contributed by atoms with Crippen LogP contribution in [-0.2, 0) is 0 Å². The van der Waals surface area contributed by atoms with Gasteiger partial charge in [0.15, 0.2) is 0 Å². The monoisotopic (exact) mass is 370 g/mol. The van der Waals surface area contributed by atoms with Crippen LogP contribution in [0.3, 0.4) is 0 Å². The second kappa shape index (κ2) is 5.81. The number of fused-ring (bicyclic) bond motifs is 8. The number of hydrogen-bond acceptors (Lipinski definition) is 3. The van der Waals surface area contributed by atoms with Gasteiger partial charge in [-0.1, -0.05) is 42.5 Å². The molecule has 1 heterocycles. The van der Waals surface area contributed by atoms with Crippen molar-refractivity contribution in [1.82, 2.24) is 0 Å². The van der Waals surface area contributed by atoms with E-state index in [-0.39, 0.29) is 16.7 Å². The lowest BCUT2D eigenvalue weighted by Crippen LogP contribution is -2.35. The van der Waals surface area contributed by atoms with Gasteiger partial charge in [-0.25, -0.2) is 0 Å². The van der Waals surface area contributed by atoms with E-state index in [1.807, 2.05) is 12.1 Å². The molecule has 140 valence electrons. The Hall–Kier alpha value is -2.88. The van der Waals surface area contributed by atoms with Gasteiger partial charge in [0.1, 0.15) is 0 Å². The van der Waals surface area contributed by atoms with E-state index in [9.17, 15) is 10.1 Å². The van der Waals surface area contributed by atoms with Gasteiger partial charge in [0.25, 0.3) is 5.69 Å². The standard InChI is InChI=1S/C24H22N2O2/c27-26(28)17-10-11-21-20(13-17)22-15-8-9-16(12-15)23(22)24(25-21)19-7-3-5-14-4-1-2-6-18(14)19/h1-7,10-11,13,15-16,22-25H,8-9,12H2/t15-,16-,22-,23-,24-/m0/s1. The number of nitrogens with one attached hydrogen (secondary N) is 1. The molecule has 0 unspecified atom stereocenters. The third-order valence-corrected chi connectivity index (χ3v) is 7.44. The van der Waals surface area contributed by atoms with Crippen LogP contribution in [-0.4, -0.2) is 4.92 Å². The smallest absolute Gasteiger partial charge is 0.269 e. The topological polar surface area (TPSA) is 55.2 Å². The lowest BCUT2D eigenvalue weighted by atomic mass is 9.67. The van der Waals surface area contributed by atoms with Gasteiger partial charge < -0.3 is 5.32 Å². The minimum atomic E-state index is -0.265. The molecule has 2 aliphatic carbocycles. The van der Waals surface area contributed by atoms with Crippen molar-refractivity contribution in [2.45, 2.75) is 31.2 Å². The lowest BCUT2D eigenvalue weighted by Gasteiger charge is -2.43. The SMILES string of the molecule is O=[N+]([O-])c1ccc2c(c1)[C@@H]1[C@H]3CC[C@@H](C3)[C@@H]1[C@H](c1cccc3ccccc13)N2. The van der Waals surface area contributed by atoms with Crippen molar-refractivity contribution in [2.24, 2.45) is 17.8 Å². The average Bonchev–Trinajstić information content (AvgIpc) is 3.35. The van der Waals surface area contributed by atoms with Crippen LogP contribution in [0.15, 0.2) is 60.7 Å². The molecule has 4 nitrogen and oxygen atoms in total. The predicted molar refractivity (Wildman–Crippen MR) is 110 cm³/mol. The molecule has 0 radical (unpaired) electrons. The molecule has 2 bridgehead atoms. The summed E-state index contributed by atoms with van der Waals surface area (Å²) in [6.07, 6.45) is 3.82. The second-order valence-electron chi connectivity index (χ2n) is 8.66. The second-order valence-corrected chi connectivity index (χ2v) is 8.66. The van der Waals surface area contributed by atoms with Crippen molar-refractivity contribution >= 4 is 22.1 Å². The van der Waals surface area contributed by atoms with Gasteiger partial charge in [-0.2, -0.15) is 0 Å². The minimum absolute atomic E-state index is 0.214. The molecule has 0 spiro atoms. The van der Waals surface area contributed by atoms with E-state index in [0.29, 0.717) is 23.7 Å². The highest BCUT2D eigenvalue weighted by Crippen LogP contribution is 2.64. The molecule has 0 saturated heterocycles. The van der Waals surface area contributed by atoms with E-state index in [1.165, 1.54) is 41.2 Å². The van der Waals surface area contributed by atoms with Crippen molar-refractivity contribution in [2.75, 3.05) is 5.32 Å². The maximum Gasteiger partial charge on any atom is 0.269 e. The molecule has 2 saturated carbocycles. The Morgan fingerprint density at radius 1 is 0.929 bits per heavy atom. The van der Waals surface area contributed by atoms with Crippen molar-refractivity contribution in [3.63, 3.8) is 0 Å². The lowest BCUT2D eigenvalue weighted by molar-refractivity contribution is -0.384. The molecular formula is C24H22N2O2. The largest absolute Gasteiger partial charge is 0.378 e. The number of non-ortho nitro benzene ring substituents is 1. The Balaban J connectivity index is 1.54. The fraction of sp³-hybridized carbons (Fsp3) is 0.333. The van der Waals surface area contributed by atoms with Crippen molar-refractivity contribution in [3.05, 3.63) is 81.9 Å². The van der Waals surface area contributed by atoms with E-state index in [1.54, 1.807) is 6.07 Å². The summed E-state index contributed by atoms with van der Waals surface area (Å²) in [4.78, 5) is 11.1. The molecule has 5 atom stereocenters. The highest BCUT2D eigenvalue weighted by atomic mass is 16.6. The zero-order chi connectivity index (χ0) is 18.8. The van der Waals surface area contributed by atoms with Gasteiger partial charge in [-0.3, -0.25) is 10.1 Å². The highest BCUT2D eigenvalue weighted by Gasteiger charge is 2.54. The molecule has 6 rings (SSSR count). The predicted octanol–water partition coefficient (Wildman–Crippen LogP) is 6.04. The van der Waals surface area contributed by atoms with Crippen LogP contribution in [0.25, 0.3) is 10.8 Å². The Morgan fingerprint density at radius 3 is 2.64 bits per heavy atom. The third-order valence-electron chi connectivity index (χ3n) is 7.44. The van der Waals surface area contributed by atoms with E-state index >= 15 is 0 Å². The molecule has 0 aromatic heterocycles. The van der Waals surface area contributed by atoms with Crippen LogP contribution >= 0.6 is 0 Å². The summed E-state index contributed by atoms with van der Waals surface area (Å²) in [6, 6.07) is 20.9. The summed E-state index contributed by atoms with van der Waals surface area (Å²) in [7, 11) is 0. The van der Waals surface area contributed by atoms with Gasteiger partial charge in [-0.15, -0.1) is 0 Å². The molecule has 4 heteroatoms. The maximum atomic E-state index is 11.4. The number of rotatable bonds is 2. The van der Waals surface area contributed by atoms with Crippen LogP contribution in [0.5, 0.6) is 0 Å². The van der Waals surface area contributed by atoms with E-state index in [4.69, 9.17) is 0 Å². The number of anilines is 1. The van der Waals surface area contributed by atoms with E-state index in [2.05, 4.69) is 47.8 Å². The quantitative estimate of drug-likeness (QED) is 0.442. The first-order valence-electron chi connectivity index (χ1n) is 10.2. The first-order chi connectivity index (χ1) is 13.7. The molecular weight excluding hydrogens is 348 g/mol. The zero-order valence-corrected chi connectivity index (χ0v) is 15.5. The van der Waals surface area contributed by atoms with Crippen molar-refractivity contribution in [3.8, 4) is 0 Å². The molecule has 2 fully saturated rings. The molecule has 28 heavy (non-hydrogen) atoms. The first-order valence-corrected chi connectivity index (χ1v) is 10.2. The van der Waals surface area contributed by atoms with Gasteiger partial charge in [0, 0.05) is 17.8 Å². The third kappa shape index (κ3) is 2.17. The van der Waals surface area contributed by atoms with Gasteiger partial charge in [0.2, 0.25) is 0 Å². The number of nitrogens with zero attached hydrogens (tertiary/aromatic N) is 1. The number of nitro benzene ring substituents is 1. The normalized spacial score (nSPS) is 29.9. The van der Waals surface area contributed by atoms with Crippen LogP contribution in [0.4, 0.5) is 11.4 Å². The molecule has 1 N–H and O–H groups in total. The zero-order valence-electron chi connectivity index (χ0n) is 15.5. The molecule has 3 aromatic rings. The van der Waals surface area contributed by atoms with Crippen LogP contribution < -0.4 is 5.32 Å². The summed E-state index contributed by atoms with van der Waals surface area (Å²) < 4.78 is 0. The average molecular weight is 370 g/mol. The Morgan fingerprint density at radius 2 is 1.75 bits per heavy atom. The number of benzene rings is 3. The van der Waals surface area contributed by atoms with E-state index < -0.39 is 0 Å². The van der Waals surface area contributed by atoms with Crippen LogP contribution in [0.1, 0.15) is 42.3 Å². The summed E-state index contributed by atoms with van der Waals surface area (Å²) in [5, 5.41) is 17.7. The summed E-state index contributed by atoms with van der Waals surface area (Å²) in [5.41, 5.74) is 3.83. The fourth-order valence-corrected chi connectivity index (χ4v) is 6.42. The first kappa shape index (κ1) is 16.1. The summed E-state index contributed by atoms with van der Waals surface area (Å²) in [6.45, 7) is 0. The van der Waals surface area contributed by atoms with Crippen molar-refractivity contribution in [1.29, 1.82) is 0 Å². The molecule has 0 amide bonds. The molecule has 3 aromatic carbocycles. The fourth-order valence-electron chi connectivity index (χ4n) is 6.42. The van der Waals surface area contributed by atoms with Gasteiger partial charge >= 0.3 is 0 Å². The van der Waals surface area contributed by atoms with Crippen LogP contribution in [0, 0.1) is 27.9 Å². The number of hydrogen-bond donors (Lipinski definition) is 1. The summed E-state index contributed by atoms with van der Waals surface area (Å²) in [5.74, 6) is 2.31. The maximum absolute atomic E-state index is 11.4. The Bertz CT molecular complexity index is 1100. The van der Waals surface area contributed by atoms with E-state index in [0.717, 1.165) is 5.69 Å². The van der Waals surface area contributed by atoms with Gasteiger partial charge in [0.05, 0.1) is 11.0 Å². The molecule has 3 aliphatic rings. The minimum Gasteiger partial charge on any atom is -0.378 e. The van der Waals surface area contributed by atoms with Crippen molar-refractivity contribution < 1.29 is 4.92 Å². The van der Waals surface area contributed by atoms with Crippen LogP contribution in [0.2, 0.25) is 0 Å². The number of nitro groups is 1.